The highest BCUT2D eigenvalue weighted by Gasteiger charge is 2.25. The fraction of sp³-hybridized carbons (Fsp3) is 0.643. The molecular formula is C28H45Cl2N5O7. The van der Waals surface area contributed by atoms with E-state index in [2.05, 4.69) is 21.1 Å². The zero-order chi connectivity index (χ0) is 31.4. The number of halogens is 2. The lowest BCUT2D eigenvalue weighted by molar-refractivity contribution is -0.119. The molecule has 1 unspecified atom stereocenters. The lowest BCUT2D eigenvalue weighted by atomic mass is 10.1. The van der Waals surface area contributed by atoms with Crippen LogP contribution in [0.2, 0.25) is 10.0 Å². The van der Waals surface area contributed by atoms with Crippen LogP contribution in [0.15, 0.2) is 23.3 Å². The van der Waals surface area contributed by atoms with Crippen molar-refractivity contribution in [3.05, 3.63) is 28.2 Å². The molecule has 1 aromatic carbocycles. The summed E-state index contributed by atoms with van der Waals surface area (Å²) < 4.78 is 20.4. The standard InChI is InChI=1S/C15H20Cl2N4O.C13H25NO6/c1-10-9-21(11-5-6-12(16)13(17)8-11)20-15(10)19-14(22)4-3-7-18-2;1-13(2,3)20-12(16)14-4-6-17-8-10-19-11-9-18-7-5-15/h5-6,8,10,18H,3-4,7,9H2,1-2H3,(H,19,20,22);5H,4,6-11H2,1-3H3,(H,14,16). The number of ether oxygens (including phenoxy) is 4. The van der Waals surface area contributed by atoms with Crippen molar-refractivity contribution in [1.29, 1.82) is 0 Å². The molecule has 14 heteroatoms. The fourth-order valence-corrected chi connectivity index (χ4v) is 3.61. The molecule has 0 saturated carbocycles. The first-order valence-electron chi connectivity index (χ1n) is 13.9. The number of nitrogens with one attached hydrogen (secondary N) is 3. The minimum absolute atomic E-state index is 0.00293. The normalized spacial score (nSPS) is 14.5. The van der Waals surface area contributed by atoms with Crippen molar-refractivity contribution >= 4 is 53.0 Å². The van der Waals surface area contributed by atoms with E-state index >= 15 is 0 Å². The summed E-state index contributed by atoms with van der Waals surface area (Å²) >= 11 is 12.0. The molecular weight excluding hydrogens is 589 g/mol. The van der Waals surface area contributed by atoms with E-state index in [4.69, 9.17) is 42.1 Å². The van der Waals surface area contributed by atoms with E-state index in [0.29, 0.717) is 74.7 Å². The van der Waals surface area contributed by atoms with Crippen LogP contribution >= 0.6 is 23.2 Å². The number of benzene rings is 1. The number of amidine groups is 1. The van der Waals surface area contributed by atoms with E-state index in [0.717, 1.165) is 18.7 Å². The van der Waals surface area contributed by atoms with Crippen LogP contribution in [-0.4, -0.2) is 96.0 Å². The molecule has 0 aliphatic carbocycles. The smallest absolute Gasteiger partial charge is 0.407 e. The summed E-state index contributed by atoms with van der Waals surface area (Å²) in [5.41, 5.74) is 0.366. The van der Waals surface area contributed by atoms with Gasteiger partial charge in [-0.25, -0.2) is 4.79 Å². The summed E-state index contributed by atoms with van der Waals surface area (Å²) in [6.45, 7) is 11.5. The number of carbonyl (C=O) groups is 3. The van der Waals surface area contributed by atoms with E-state index in [1.54, 1.807) is 32.9 Å². The molecule has 42 heavy (non-hydrogen) atoms. The van der Waals surface area contributed by atoms with Crippen molar-refractivity contribution < 1.29 is 33.3 Å². The minimum Gasteiger partial charge on any atom is -0.444 e. The number of rotatable bonds is 16. The van der Waals surface area contributed by atoms with Gasteiger partial charge in [0, 0.05) is 18.9 Å². The molecule has 1 heterocycles. The van der Waals surface area contributed by atoms with E-state index in [9.17, 15) is 14.4 Å². The van der Waals surface area contributed by atoms with Crippen molar-refractivity contribution in [2.45, 2.75) is 46.1 Å². The van der Waals surface area contributed by atoms with Gasteiger partial charge in [0.2, 0.25) is 5.91 Å². The maximum Gasteiger partial charge on any atom is 0.407 e. The van der Waals surface area contributed by atoms with Gasteiger partial charge in [0.05, 0.1) is 55.3 Å². The molecule has 1 aliphatic heterocycles. The number of aldehydes is 1. The average molecular weight is 635 g/mol. The Bertz CT molecular complexity index is 992. The third kappa shape index (κ3) is 17.5. The summed E-state index contributed by atoms with van der Waals surface area (Å²) in [5.74, 6) is 0.847. The van der Waals surface area contributed by atoms with Gasteiger partial charge in [-0.1, -0.05) is 30.1 Å². The third-order valence-corrected chi connectivity index (χ3v) is 6.02. The Balaban J connectivity index is 0.000000423. The summed E-state index contributed by atoms with van der Waals surface area (Å²) in [7, 11) is 1.87. The summed E-state index contributed by atoms with van der Waals surface area (Å²) in [5, 5.41) is 15.8. The Hall–Kier alpha value is -2.48. The average Bonchev–Trinajstić information content (AvgIpc) is 3.28. The van der Waals surface area contributed by atoms with Crippen LogP contribution in [0.4, 0.5) is 10.5 Å². The minimum atomic E-state index is -0.495. The Morgan fingerprint density at radius 3 is 2.33 bits per heavy atom. The number of alkyl carbamates (subject to hydrolysis) is 1. The second-order valence-electron chi connectivity index (χ2n) is 10.2. The first-order valence-corrected chi connectivity index (χ1v) is 14.6. The Kier molecular flexibility index (Phi) is 19.0. The molecule has 0 saturated heterocycles. The Labute approximate surface area is 258 Å². The highest BCUT2D eigenvalue weighted by atomic mass is 35.5. The van der Waals surface area contributed by atoms with E-state index < -0.39 is 11.7 Å². The second-order valence-corrected chi connectivity index (χ2v) is 11.0. The first-order chi connectivity index (χ1) is 20.0. The van der Waals surface area contributed by atoms with Crippen LogP contribution in [-0.2, 0) is 28.5 Å². The van der Waals surface area contributed by atoms with Crippen LogP contribution in [0, 0.1) is 5.92 Å². The van der Waals surface area contributed by atoms with Gasteiger partial charge in [0.15, 0.2) is 0 Å². The van der Waals surface area contributed by atoms with Crippen molar-refractivity contribution in [2.75, 3.05) is 71.3 Å². The molecule has 1 aromatic rings. The van der Waals surface area contributed by atoms with E-state index in [1.165, 1.54) is 0 Å². The third-order valence-electron chi connectivity index (χ3n) is 5.29. The molecule has 0 aromatic heterocycles. The van der Waals surface area contributed by atoms with Crippen molar-refractivity contribution in [1.82, 2.24) is 16.0 Å². The van der Waals surface area contributed by atoms with Crippen molar-refractivity contribution in [2.24, 2.45) is 11.0 Å². The maximum atomic E-state index is 11.9. The van der Waals surface area contributed by atoms with Crippen LogP contribution < -0.4 is 21.0 Å². The van der Waals surface area contributed by atoms with Gasteiger partial charge in [0.1, 0.15) is 24.3 Å². The summed E-state index contributed by atoms with van der Waals surface area (Å²) in [4.78, 5) is 33.1. The molecule has 1 atom stereocenters. The number of hydrazone groups is 1. The first kappa shape index (κ1) is 37.5. The molecule has 2 rings (SSSR count). The van der Waals surface area contributed by atoms with Crippen LogP contribution in [0.3, 0.4) is 0 Å². The summed E-state index contributed by atoms with van der Waals surface area (Å²) in [6.07, 6.45) is 1.53. The number of carbonyl (C=O) groups excluding carboxylic acids is 3. The van der Waals surface area contributed by atoms with Gasteiger partial charge in [-0.05, 0) is 59.0 Å². The molecule has 0 bridgehead atoms. The van der Waals surface area contributed by atoms with Gasteiger partial charge < -0.3 is 39.7 Å². The largest absolute Gasteiger partial charge is 0.444 e. The van der Waals surface area contributed by atoms with Crippen molar-refractivity contribution in [3.8, 4) is 0 Å². The van der Waals surface area contributed by atoms with Gasteiger partial charge in [0.25, 0.3) is 0 Å². The highest BCUT2D eigenvalue weighted by molar-refractivity contribution is 6.42. The number of hydrogen-bond donors (Lipinski definition) is 3. The monoisotopic (exact) mass is 633 g/mol. The van der Waals surface area contributed by atoms with E-state index in [-0.39, 0.29) is 18.4 Å². The van der Waals surface area contributed by atoms with E-state index in [1.807, 2.05) is 25.0 Å². The van der Waals surface area contributed by atoms with Crippen molar-refractivity contribution in [3.63, 3.8) is 0 Å². The highest BCUT2D eigenvalue weighted by Crippen LogP contribution is 2.29. The van der Waals surface area contributed by atoms with Crippen LogP contribution in [0.1, 0.15) is 40.5 Å². The molecule has 1 aliphatic rings. The van der Waals surface area contributed by atoms with Gasteiger partial charge in [-0.2, -0.15) is 5.10 Å². The molecule has 12 nitrogen and oxygen atoms in total. The van der Waals surface area contributed by atoms with Crippen LogP contribution in [0.25, 0.3) is 0 Å². The number of nitrogens with zero attached hydrogens (tertiary/aromatic N) is 2. The zero-order valence-electron chi connectivity index (χ0n) is 25.2. The number of amides is 2. The Morgan fingerprint density at radius 2 is 1.71 bits per heavy atom. The van der Waals surface area contributed by atoms with Gasteiger partial charge in [-0.3, -0.25) is 9.80 Å². The topological polar surface area (TPSA) is 140 Å². The van der Waals surface area contributed by atoms with Gasteiger partial charge in [-0.15, -0.1) is 0 Å². The lowest BCUT2D eigenvalue weighted by Gasteiger charge is -2.19. The fourth-order valence-electron chi connectivity index (χ4n) is 3.31. The van der Waals surface area contributed by atoms with Crippen LogP contribution in [0.5, 0.6) is 0 Å². The zero-order valence-corrected chi connectivity index (χ0v) is 26.7. The molecule has 0 spiro atoms. The quantitative estimate of drug-likeness (QED) is 0.184. The molecule has 238 valence electrons. The predicted molar refractivity (Wildman–Crippen MR) is 164 cm³/mol. The predicted octanol–water partition coefficient (Wildman–Crippen LogP) is 3.64. The number of hydrogen-bond acceptors (Lipinski definition) is 10. The Morgan fingerprint density at radius 1 is 1.05 bits per heavy atom. The molecule has 0 fully saturated rings. The number of anilines is 1. The van der Waals surface area contributed by atoms with Gasteiger partial charge >= 0.3 is 6.09 Å². The molecule has 3 N–H and O–H groups in total. The molecule has 2 amide bonds. The lowest BCUT2D eigenvalue weighted by Crippen LogP contribution is -2.34. The summed E-state index contributed by atoms with van der Waals surface area (Å²) in [6, 6.07) is 5.38. The molecule has 0 radical (unpaired) electrons. The second kappa shape index (κ2) is 21.2. The SMILES string of the molecule is CC(C)(C)OC(=O)NCCOCCOCCOCC=O.CNCCCC(=O)NC1=NN(c2ccc(Cl)c(Cl)c2)CC1C. The maximum absolute atomic E-state index is 11.9.